The largest absolute Gasteiger partial charge is 0.393 e. The summed E-state index contributed by atoms with van der Waals surface area (Å²) in [4.78, 5) is 11.9. The monoisotopic (exact) mass is 290 g/mol. The predicted molar refractivity (Wildman–Crippen MR) is 82.7 cm³/mol. The van der Waals surface area contributed by atoms with Gasteiger partial charge in [0, 0.05) is 12.8 Å². The van der Waals surface area contributed by atoms with Crippen molar-refractivity contribution in [3.63, 3.8) is 0 Å². The van der Waals surface area contributed by atoms with Crippen molar-refractivity contribution in [3.05, 3.63) is 0 Å². The van der Waals surface area contributed by atoms with Crippen LogP contribution in [-0.4, -0.2) is 17.0 Å². The summed E-state index contributed by atoms with van der Waals surface area (Å²) in [5.74, 6) is 3.52. The Morgan fingerprint density at radius 2 is 1.71 bits per heavy atom. The summed E-state index contributed by atoms with van der Waals surface area (Å²) < 4.78 is 0. The molecular weight excluding hydrogens is 260 g/mol. The first-order valence-electron chi connectivity index (χ1n) is 9.15. The van der Waals surface area contributed by atoms with E-state index < -0.39 is 0 Å². The number of aliphatic hydroxyl groups excluding tert-OH is 1. The average Bonchev–Trinajstić information content (AvgIpc) is 2.76. The molecule has 2 heteroatoms. The Bertz CT molecular complexity index is 458. The summed E-state index contributed by atoms with van der Waals surface area (Å²) in [6, 6.07) is 0. The van der Waals surface area contributed by atoms with Crippen LogP contribution in [0.2, 0.25) is 0 Å². The molecule has 0 spiro atoms. The maximum absolute atomic E-state index is 11.9. The SMILES string of the molecule is C[C@@]12CC[C@H]3[C@@H](CC[C@@H]4CC(=O)CC[C@]43C)[C@H]1CC[C@@H]2O. The van der Waals surface area contributed by atoms with E-state index in [-0.39, 0.29) is 11.5 Å². The molecule has 0 aliphatic heterocycles. The molecule has 0 radical (unpaired) electrons. The van der Waals surface area contributed by atoms with Crippen LogP contribution in [-0.2, 0) is 4.79 Å². The van der Waals surface area contributed by atoms with Crippen LogP contribution in [0.15, 0.2) is 0 Å². The van der Waals surface area contributed by atoms with Gasteiger partial charge in [-0.3, -0.25) is 4.79 Å². The van der Waals surface area contributed by atoms with Crippen LogP contribution in [0.4, 0.5) is 0 Å². The fourth-order valence-electron chi connectivity index (χ4n) is 7.02. The van der Waals surface area contributed by atoms with Gasteiger partial charge < -0.3 is 5.11 Å². The predicted octanol–water partition coefficient (Wildman–Crippen LogP) is 3.96. The van der Waals surface area contributed by atoms with Crippen LogP contribution in [0.25, 0.3) is 0 Å². The Hall–Kier alpha value is -0.370. The second kappa shape index (κ2) is 4.57. The molecule has 118 valence electrons. The first-order chi connectivity index (χ1) is 9.95. The van der Waals surface area contributed by atoms with Crippen molar-refractivity contribution < 1.29 is 9.90 Å². The molecule has 0 heterocycles. The second-order valence-corrected chi connectivity index (χ2v) is 9.04. The third-order valence-electron chi connectivity index (χ3n) is 8.43. The first-order valence-corrected chi connectivity index (χ1v) is 9.15. The fraction of sp³-hybridized carbons (Fsp3) is 0.947. The van der Waals surface area contributed by atoms with Crippen molar-refractivity contribution >= 4 is 5.78 Å². The lowest BCUT2D eigenvalue weighted by Gasteiger charge is -2.60. The Labute approximate surface area is 128 Å². The van der Waals surface area contributed by atoms with Gasteiger partial charge in [0.05, 0.1) is 6.10 Å². The van der Waals surface area contributed by atoms with Crippen LogP contribution in [0, 0.1) is 34.5 Å². The molecule has 1 N–H and O–H groups in total. The van der Waals surface area contributed by atoms with Crippen molar-refractivity contribution in [3.8, 4) is 0 Å². The van der Waals surface area contributed by atoms with Gasteiger partial charge in [-0.25, -0.2) is 0 Å². The smallest absolute Gasteiger partial charge is 0.133 e. The Morgan fingerprint density at radius 1 is 0.952 bits per heavy atom. The fourth-order valence-corrected chi connectivity index (χ4v) is 7.02. The number of fused-ring (bicyclic) bond motifs is 5. The van der Waals surface area contributed by atoms with Crippen molar-refractivity contribution in [2.75, 3.05) is 0 Å². The molecular formula is C19H30O2. The van der Waals surface area contributed by atoms with Gasteiger partial charge in [0.25, 0.3) is 0 Å². The molecule has 0 unspecified atom stereocenters. The quantitative estimate of drug-likeness (QED) is 0.733. The lowest BCUT2D eigenvalue weighted by molar-refractivity contribution is -0.141. The molecule has 0 amide bonds. The van der Waals surface area contributed by atoms with Crippen LogP contribution in [0.1, 0.15) is 71.6 Å². The number of ketones is 1. The number of Topliss-reactive ketones (excluding diaryl/α,β-unsaturated/α-hetero) is 1. The van der Waals surface area contributed by atoms with Crippen LogP contribution in [0.5, 0.6) is 0 Å². The normalized spacial score (nSPS) is 56.5. The number of hydrogen-bond donors (Lipinski definition) is 1. The van der Waals surface area contributed by atoms with E-state index in [0.717, 1.165) is 43.4 Å². The summed E-state index contributed by atoms with van der Waals surface area (Å²) in [7, 11) is 0. The lowest BCUT2D eigenvalue weighted by atomic mass is 9.45. The zero-order chi connectivity index (χ0) is 14.8. The summed E-state index contributed by atoms with van der Waals surface area (Å²) in [5.41, 5.74) is 0.598. The Balaban J connectivity index is 1.64. The second-order valence-electron chi connectivity index (χ2n) is 9.04. The summed E-state index contributed by atoms with van der Waals surface area (Å²) in [6.07, 6.45) is 10.0. The van der Waals surface area contributed by atoms with Gasteiger partial charge >= 0.3 is 0 Å². The maximum atomic E-state index is 11.9. The highest BCUT2D eigenvalue weighted by atomic mass is 16.3. The summed E-state index contributed by atoms with van der Waals surface area (Å²) >= 11 is 0. The molecule has 0 bridgehead atoms. The van der Waals surface area contributed by atoms with Crippen molar-refractivity contribution in [1.82, 2.24) is 0 Å². The van der Waals surface area contributed by atoms with Crippen LogP contribution >= 0.6 is 0 Å². The molecule has 7 atom stereocenters. The van der Waals surface area contributed by atoms with Gasteiger partial charge in [-0.05, 0) is 79.4 Å². The number of rotatable bonds is 0. The van der Waals surface area contributed by atoms with Gasteiger partial charge in [-0.1, -0.05) is 13.8 Å². The zero-order valence-electron chi connectivity index (χ0n) is 13.6. The van der Waals surface area contributed by atoms with E-state index in [9.17, 15) is 9.90 Å². The molecule has 0 saturated heterocycles. The molecule has 4 saturated carbocycles. The van der Waals surface area contributed by atoms with E-state index in [1.54, 1.807) is 0 Å². The Kier molecular flexibility index (Phi) is 3.10. The van der Waals surface area contributed by atoms with E-state index in [1.165, 1.54) is 32.1 Å². The van der Waals surface area contributed by atoms with Crippen LogP contribution in [0.3, 0.4) is 0 Å². The molecule has 4 fully saturated rings. The van der Waals surface area contributed by atoms with Crippen LogP contribution < -0.4 is 0 Å². The van der Waals surface area contributed by atoms with Gasteiger partial charge in [-0.2, -0.15) is 0 Å². The topological polar surface area (TPSA) is 37.3 Å². The molecule has 21 heavy (non-hydrogen) atoms. The number of carbonyl (C=O) groups is 1. The van der Waals surface area contributed by atoms with E-state index in [4.69, 9.17) is 0 Å². The highest BCUT2D eigenvalue weighted by Gasteiger charge is 2.59. The van der Waals surface area contributed by atoms with Gasteiger partial charge in [0.15, 0.2) is 0 Å². The molecule has 0 aromatic carbocycles. The zero-order valence-corrected chi connectivity index (χ0v) is 13.6. The highest BCUT2D eigenvalue weighted by Crippen LogP contribution is 2.65. The molecule has 4 aliphatic rings. The highest BCUT2D eigenvalue weighted by molar-refractivity contribution is 5.79. The van der Waals surface area contributed by atoms with E-state index in [0.29, 0.717) is 17.1 Å². The van der Waals surface area contributed by atoms with Crippen molar-refractivity contribution in [1.29, 1.82) is 0 Å². The third-order valence-corrected chi connectivity index (χ3v) is 8.43. The van der Waals surface area contributed by atoms with Crippen molar-refractivity contribution in [2.45, 2.75) is 77.7 Å². The summed E-state index contributed by atoms with van der Waals surface area (Å²) in [6.45, 7) is 4.85. The molecule has 4 aliphatic carbocycles. The Morgan fingerprint density at radius 3 is 2.52 bits per heavy atom. The van der Waals surface area contributed by atoms with Gasteiger partial charge in [-0.15, -0.1) is 0 Å². The number of carbonyl (C=O) groups excluding carboxylic acids is 1. The molecule has 4 rings (SSSR count). The van der Waals surface area contributed by atoms with Gasteiger partial charge in [0.1, 0.15) is 5.78 Å². The average molecular weight is 290 g/mol. The number of hydrogen-bond acceptors (Lipinski definition) is 2. The van der Waals surface area contributed by atoms with E-state index in [2.05, 4.69) is 13.8 Å². The summed E-state index contributed by atoms with van der Waals surface area (Å²) in [5, 5.41) is 10.5. The van der Waals surface area contributed by atoms with Gasteiger partial charge in [0.2, 0.25) is 0 Å². The van der Waals surface area contributed by atoms with Crippen molar-refractivity contribution in [2.24, 2.45) is 34.5 Å². The minimum absolute atomic E-state index is 0.0677. The minimum atomic E-state index is -0.0677. The number of aliphatic hydroxyl groups is 1. The van der Waals surface area contributed by atoms with E-state index >= 15 is 0 Å². The molecule has 2 nitrogen and oxygen atoms in total. The molecule has 0 aromatic heterocycles. The lowest BCUT2D eigenvalue weighted by Crippen LogP contribution is -2.54. The third kappa shape index (κ3) is 1.84. The molecule has 0 aromatic rings. The maximum Gasteiger partial charge on any atom is 0.133 e. The standard InChI is InChI=1S/C19H30O2/c1-18-9-7-13(20)11-12(18)3-4-14-15-5-6-17(21)19(15,2)10-8-16(14)18/h12,14-17,21H,3-11H2,1-2H3/t12-,14+,15-,16+,17+,18-,19-/m1/s1. The first kappa shape index (κ1) is 14.2. The minimum Gasteiger partial charge on any atom is -0.393 e. The van der Waals surface area contributed by atoms with E-state index in [1.807, 2.05) is 0 Å².